The van der Waals surface area contributed by atoms with Crippen molar-refractivity contribution in [2.45, 2.75) is 45.3 Å². The molecule has 4 rings (SSSR count). The molecule has 0 saturated heterocycles. The van der Waals surface area contributed by atoms with Gasteiger partial charge >= 0.3 is 0 Å². The quantitative estimate of drug-likeness (QED) is 0.656. The maximum Gasteiger partial charge on any atom is 0.173 e. The van der Waals surface area contributed by atoms with Gasteiger partial charge in [0.1, 0.15) is 11.9 Å². The molecular weight excluding hydrogens is 377 g/mol. The molecule has 1 atom stereocenters. The first-order valence-corrected chi connectivity index (χ1v) is 9.77. The molecular formula is C21H23ClFN5. The molecule has 28 heavy (non-hydrogen) atoms. The Kier molecular flexibility index (Phi) is 4.93. The molecule has 0 spiro atoms. The molecule has 3 aromatic rings. The maximum atomic E-state index is 14.8. The lowest BCUT2D eigenvalue weighted by molar-refractivity contribution is 0.182. The summed E-state index contributed by atoms with van der Waals surface area (Å²) in [6.07, 6.45) is 0.870. The first-order valence-electron chi connectivity index (χ1n) is 9.39. The number of hydrogen-bond acceptors (Lipinski definition) is 4. The average molecular weight is 400 g/mol. The van der Waals surface area contributed by atoms with Crippen molar-refractivity contribution in [1.29, 1.82) is 0 Å². The van der Waals surface area contributed by atoms with Gasteiger partial charge in [-0.2, -0.15) is 0 Å². The fraction of sp³-hybridized carbons (Fsp3) is 0.381. The van der Waals surface area contributed by atoms with Crippen LogP contribution in [0, 0.1) is 5.82 Å². The second-order valence-electron chi connectivity index (χ2n) is 8.18. The van der Waals surface area contributed by atoms with Crippen LogP contribution >= 0.6 is 11.6 Å². The van der Waals surface area contributed by atoms with E-state index >= 15 is 0 Å². The van der Waals surface area contributed by atoms with Gasteiger partial charge in [0.15, 0.2) is 5.82 Å². The third-order valence-corrected chi connectivity index (χ3v) is 5.38. The number of hydrogen-bond donors (Lipinski definition) is 0. The van der Waals surface area contributed by atoms with Crippen LogP contribution in [-0.2, 0) is 18.5 Å². The van der Waals surface area contributed by atoms with Crippen molar-refractivity contribution in [3.8, 4) is 0 Å². The van der Waals surface area contributed by atoms with Crippen molar-refractivity contribution in [2.75, 3.05) is 6.54 Å². The smallest absolute Gasteiger partial charge is 0.173 e. The van der Waals surface area contributed by atoms with Crippen LogP contribution in [0.25, 0.3) is 0 Å². The number of nitrogens with zero attached hydrogens (tertiary/aromatic N) is 5. The van der Waals surface area contributed by atoms with E-state index in [1.54, 1.807) is 10.7 Å². The van der Waals surface area contributed by atoms with Crippen molar-refractivity contribution >= 4 is 11.6 Å². The minimum Gasteiger partial charge on any atom is -0.285 e. The Balaban J connectivity index is 1.82. The predicted molar refractivity (Wildman–Crippen MR) is 107 cm³/mol. The summed E-state index contributed by atoms with van der Waals surface area (Å²) in [6, 6.07) is 12.5. The van der Waals surface area contributed by atoms with Crippen LogP contribution in [0.3, 0.4) is 0 Å². The molecule has 1 aliphatic rings. The summed E-state index contributed by atoms with van der Waals surface area (Å²) in [4.78, 5) is 2.23. The highest BCUT2D eigenvalue weighted by Crippen LogP contribution is 2.35. The van der Waals surface area contributed by atoms with E-state index in [1.807, 2.05) is 45.0 Å². The van der Waals surface area contributed by atoms with E-state index in [-0.39, 0.29) is 17.4 Å². The summed E-state index contributed by atoms with van der Waals surface area (Å²) < 4.78 is 16.6. The Morgan fingerprint density at radius 1 is 1.11 bits per heavy atom. The number of tetrazole rings is 1. The van der Waals surface area contributed by atoms with Crippen LogP contribution in [0.2, 0.25) is 5.02 Å². The van der Waals surface area contributed by atoms with Gasteiger partial charge in [-0.1, -0.05) is 35.9 Å². The van der Waals surface area contributed by atoms with Crippen molar-refractivity contribution in [3.05, 3.63) is 75.8 Å². The molecule has 0 aliphatic carbocycles. The fourth-order valence-electron chi connectivity index (χ4n) is 3.81. The highest BCUT2D eigenvalue weighted by Gasteiger charge is 2.34. The largest absolute Gasteiger partial charge is 0.285 e. The number of rotatable bonds is 3. The minimum absolute atomic E-state index is 0.257. The topological polar surface area (TPSA) is 46.8 Å². The molecule has 0 N–H and O–H groups in total. The van der Waals surface area contributed by atoms with Crippen molar-refractivity contribution in [1.82, 2.24) is 25.1 Å². The van der Waals surface area contributed by atoms with Gasteiger partial charge in [0.2, 0.25) is 0 Å². The average Bonchev–Trinajstić information content (AvgIpc) is 3.13. The normalized spacial score (nSPS) is 16.0. The predicted octanol–water partition coefficient (Wildman–Crippen LogP) is 4.37. The Labute approximate surface area is 169 Å². The molecule has 146 valence electrons. The molecule has 7 heteroatoms. The van der Waals surface area contributed by atoms with Gasteiger partial charge in [0, 0.05) is 23.7 Å². The molecule has 0 bridgehead atoms. The number of benzene rings is 2. The zero-order valence-corrected chi connectivity index (χ0v) is 17.0. The van der Waals surface area contributed by atoms with Crippen LogP contribution in [-0.4, -0.2) is 31.7 Å². The van der Waals surface area contributed by atoms with Gasteiger partial charge in [-0.25, -0.2) is 9.07 Å². The molecule has 0 fully saturated rings. The molecule has 1 aromatic heterocycles. The van der Waals surface area contributed by atoms with E-state index in [2.05, 4.69) is 26.5 Å². The van der Waals surface area contributed by atoms with Crippen molar-refractivity contribution < 1.29 is 4.39 Å². The Bertz CT molecular complexity index is 994. The second kappa shape index (κ2) is 7.26. The molecule has 2 aromatic carbocycles. The van der Waals surface area contributed by atoms with Crippen LogP contribution < -0.4 is 0 Å². The lowest BCUT2D eigenvalue weighted by Crippen LogP contribution is -2.38. The highest BCUT2D eigenvalue weighted by molar-refractivity contribution is 6.30. The van der Waals surface area contributed by atoms with Crippen molar-refractivity contribution in [3.63, 3.8) is 0 Å². The van der Waals surface area contributed by atoms with Gasteiger partial charge in [-0.15, -0.1) is 5.10 Å². The summed E-state index contributed by atoms with van der Waals surface area (Å²) in [5.74, 6) is 0.385. The van der Waals surface area contributed by atoms with Crippen LogP contribution in [0.5, 0.6) is 0 Å². The van der Waals surface area contributed by atoms with Gasteiger partial charge < -0.3 is 0 Å². The van der Waals surface area contributed by atoms with Crippen LogP contribution in [0.1, 0.15) is 49.3 Å². The van der Waals surface area contributed by atoms with Gasteiger partial charge in [-0.3, -0.25) is 4.90 Å². The number of fused-ring (bicyclic) bond motifs is 1. The molecule has 0 amide bonds. The van der Waals surface area contributed by atoms with E-state index in [0.29, 0.717) is 23.0 Å². The lowest BCUT2D eigenvalue weighted by atomic mass is 9.95. The molecule has 1 unspecified atom stereocenters. The molecule has 1 aliphatic heterocycles. The van der Waals surface area contributed by atoms with Gasteiger partial charge in [0.05, 0.1) is 5.54 Å². The van der Waals surface area contributed by atoms with Crippen molar-refractivity contribution in [2.24, 2.45) is 0 Å². The van der Waals surface area contributed by atoms with Gasteiger partial charge in [0.25, 0.3) is 0 Å². The van der Waals surface area contributed by atoms with E-state index in [9.17, 15) is 4.39 Å². The summed E-state index contributed by atoms with van der Waals surface area (Å²) in [7, 11) is 0. The summed E-state index contributed by atoms with van der Waals surface area (Å²) in [5, 5.41) is 13.1. The SMILES string of the molecule is CC(C)(C)n1nnnc1C(c1ccccc1F)N1CCc2ccc(Cl)cc2C1. The molecule has 2 heterocycles. The zero-order valence-electron chi connectivity index (χ0n) is 16.2. The van der Waals surface area contributed by atoms with Crippen LogP contribution in [0.15, 0.2) is 42.5 Å². The zero-order chi connectivity index (χ0) is 19.9. The van der Waals surface area contributed by atoms with Gasteiger partial charge in [-0.05, 0) is 66.9 Å². The first kappa shape index (κ1) is 19.0. The minimum atomic E-state index is -0.387. The first-order chi connectivity index (χ1) is 13.3. The third-order valence-electron chi connectivity index (χ3n) is 5.15. The summed E-state index contributed by atoms with van der Waals surface area (Å²) in [6.45, 7) is 7.56. The summed E-state index contributed by atoms with van der Waals surface area (Å²) in [5.41, 5.74) is 2.70. The maximum absolute atomic E-state index is 14.8. The van der Waals surface area contributed by atoms with E-state index in [1.165, 1.54) is 11.6 Å². The molecule has 0 radical (unpaired) electrons. The fourth-order valence-corrected chi connectivity index (χ4v) is 4.00. The van der Waals surface area contributed by atoms with E-state index in [0.717, 1.165) is 18.5 Å². The van der Waals surface area contributed by atoms with E-state index in [4.69, 9.17) is 11.6 Å². The molecule has 5 nitrogen and oxygen atoms in total. The Morgan fingerprint density at radius 3 is 2.64 bits per heavy atom. The highest BCUT2D eigenvalue weighted by atomic mass is 35.5. The second-order valence-corrected chi connectivity index (χ2v) is 8.61. The Hall–Kier alpha value is -2.31. The molecule has 0 saturated carbocycles. The third kappa shape index (κ3) is 3.54. The van der Waals surface area contributed by atoms with E-state index < -0.39 is 0 Å². The number of halogens is 2. The standard InChI is InChI=1S/C21H23ClFN5/c1-21(2,3)28-20(24-25-26-28)19(17-6-4-5-7-18(17)23)27-11-10-14-8-9-16(22)12-15(14)13-27/h4-9,12,19H,10-11,13H2,1-3H3. The van der Waals surface area contributed by atoms with Crippen LogP contribution in [0.4, 0.5) is 4.39 Å². The lowest BCUT2D eigenvalue weighted by Gasteiger charge is -2.36. The number of aromatic nitrogens is 4. The summed E-state index contributed by atoms with van der Waals surface area (Å²) >= 11 is 6.22. The Morgan fingerprint density at radius 2 is 1.89 bits per heavy atom. The monoisotopic (exact) mass is 399 g/mol.